The van der Waals surface area contributed by atoms with Crippen molar-refractivity contribution in [2.75, 3.05) is 46.6 Å². The molecule has 0 radical (unpaired) electrons. The molecule has 2 aliphatic rings. The van der Waals surface area contributed by atoms with Crippen molar-refractivity contribution in [3.05, 3.63) is 59.1 Å². The monoisotopic (exact) mass is 609 g/mol. The van der Waals surface area contributed by atoms with E-state index in [-0.39, 0.29) is 42.5 Å². The van der Waals surface area contributed by atoms with Gasteiger partial charge in [0.1, 0.15) is 0 Å². The van der Waals surface area contributed by atoms with E-state index in [1.807, 2.05) is 0 Å². The first-order chi connectivity index (χ1) is 18.5. The number of hydrogen-bond acceptors (Lipinski definition) is 12. The summed E-state index contributed by atoms with van der Waals surface area (Å²) in [6.07, 6.45) is 6.75. The smallest absolute Gasteiger partial charge is 0.233 e. The minimum atomic E-state index is -0.411. The highest BCUT2D eigenvalue weighted by molar-refractivity contribution is 6.33. The number of hydrogen-bond donors (Lipinski definition) is 6. The molecular weight excluding hydrogens is 558 g/mol. The number of halogens is 1. The number of aromatic nitrogens is 3. The summed E-state index contributed by atoms with van der Waals surface area (Å²) < 4.78 is 0. The van der Waals surface area contributed by atoms with Crippen molar-refractivity contribution in [3.63, 3.8) is 0 Å². The van der Waals surface area contributed by atoms with Gasteiger partial charge in [-0.3, -0.25) is 9.59 Å². The van der Waals surface area contributed by atoms with Crippen molar-refractivity contribution in [2.45, 2.75) is 44.9 Å². The predicted octanol–water partition coefficient (Wildman–Crippen LogP) is 7.09. The van der Waals surface area contributed by atoms with Crippen molar-refractivity contribution in [3.8, 4) is 0 Å². The summed E-state index contributed by atoms with van der Waals surface area (Å²) >= 11 is 6.09. The molecular formula is C28H52ClN11O2. The maximum atomic E-state index is 12.7. The topological polar surface area (TPSA) is 243 Å². The van der Waals surface area contributed by atoms with Crippen LogP contribution < -0.4 is 45.0 Å². The molecule has 2 fully saturated rings. The highest BCUT2D eigenvalue weighted by atomic mass is 35.5. The van der Waals surface area contributed by atoms with Crippen LogP contribution in [-0.2, 0) is 4.79 Å². The molecule has 3 heterocycles. The SMILES string of the molecule is N.N.N.N.O=C(CC(=O)c1ccc(Nc2nc(N3CCCCC3)nc(N3CCCCC3)n2)cc1)Nc1ccccc1Cl.[HH].[HH].[HH].[HH]. The Labute approximate surface area is 258 Å². The van der Waals surface area contributed by atoms with Crippen LogP contribution in [-0.4, -0.2) is 52.8 Å². The zero-order valence-electron chi connectivity index (χ0n) is 24.2. The van der Waals surface area contributed by atoms with E-state index in [2.05, 4.69) is 20.4 Å². The number of benzene rings is 2. The fourth-order valence-electron chi connectivity index (χ4n) is 4.75. The number of Topliss-reactive ketones (excluding diaryl/α,β-unsaturated/α-hetero) is 1. The summed E-state index contributed by atoms with van der Waals surface area (Å²) in [5.41, 5.74) is 1.68. The summed E-state index contributed by atoms with van der Waals surface area (Å²) in [4.78, 5) is 43.8. The Bertz CT molecular complexity index is 1260. The lowest BCUT2D eigenvalue weighted by Gasteiger charge is -2.30. The van der Waals surface area contributed by atoms with E-state index < -0.39 is 5.91 Å². The molecule has 1 amide bonds. The fourth-order valence-corrected chi connectivity index (χ4v) is 4.94. The molecule has 0 aliphatic carbocycles. The summed E-state index contributed by atoms with van der Waals surface area (Å²) in [7, 11) is 0. The Morgan fingerprint density at radius 1 is 0.738 bits per heavy atom. The number of piperidine rings is 2. The molecule has 13 nitrogen and oxygen atoms in total. The van der Waals surface area contributed by atoms with Gasteiger partial charge >= 0.3 is 0 Å². The fraction of sp³-hybridized carbons (Fsp3) is 0.393. The highest BCUT2D eigenvalue weighted by Crippen LogP contribution is 2.25. The van der Waals surface area contributed by atoms with Crippen molar-refractivity contribution >= 4 is 52.5 Å². The Hall–Kier alpha value is -3.88. The van der Waals surface area contributed by atoms with Gasteiger partial charge in [-0.1, -0.05) is 23.7 Å². The molecule has 1 aromatic heterocycles. The minimum Gasteiger partial charge on any atom is -0.344 e. The number of nitrogens with zero attached hydrogens (tertiary/aromatic N) is 5. The Morgan fingerprint density at radius 3 is 1.79 bits per heavy atom. The summed E-state index contributed by atoms with van der Waals surface area (Å²) in [6, 6.07) is 13.9. The third kappa shape index (κ3) is 9.33. The molecule has 2 saturated heterocycles. The number of anilines is 5. The van der Waals surface area contributed by atoms with Crippen LogP contribution in [0.2, 0.25) is 5.02 Å². The number of para-hydroxylation sites is 1. The largest absolute Gasteiger partial charge is 0.344 e. The maximum absolute atomic E-state index is 12.7. The van der Waals surface area contributed by atoms with Crippen molar-refractivity contribution < 1.29 is 15.3 Å². The highest BCUT2D eigenvalue weighted by Gasteiger charge is 2.20. The van der Waals surface area contributed by atoms with Gasteiger partial charge in [-0.15, -0.1) is 0 Å². The molecule has 238 valence electrons. The van der Waals surface area contributed by atoms with Crippen molar-refractivity contribution in [1.82, 2.24) is 39.6 Å². The van der Waals surface area contributed by atoms with E-state index in [4.69, 9.17) is 26.6 Å². The lowest BCUT2D eigenvalue weighted by Crippen LogP contribution is -2.34. The summed E-state index contributed by atoms with van der Waals surface area (Å²) in [5.74, 6) is 1.21. The number of nitrogens with one attached hydrogen (secondary N) is 2. The zero-order valence-corrected chi connectivity index (χ0v) is 24.9. The molecule has 5 rings (SSSR count). The van der Waals surface area contributed by atoms with Gasteiger partial charge in [0.15, 0.2) is 5.78 Å². The molecule has 0 bridgehead atoms. The summed E-state index contributed by atoms with van der Waals surface area (Å²) in [6.45, 7) is 3.79. The molecule has 14 N–H and O–H groups in total. The van der Waals surface area contributed by atoms with Crippen LogP contribution in [0.15, 0.2) is 48.5 Å². The minimum absolute atomic E-state index is 0. The molecule has 0 unspecified atom stereocenters. The lowest BCUT2D eigenvalue weighted by molar-refractivity contribution is -0.115. The number of ketones is 1. The molecule has 14 heteroatoms. The van der Waals surface area contributed by atoms with Crippen LogP contribution in [0.5, 0.6) is 0 Å². The van der Waals surface area contributed by atoms with Gasteiger partial charge in [-0.05, 0) is 74.9 Å². The number of amides is 1. The van der Waals surface area contributed by atoms with Crippen LogP contribution in [0.4, 0.5) is 29.2 Å². The van der Waals surface area contributed by atoms with Gasteiger partial charge in [0.25, 0.3) is 0 Å². The number of carbonyl (C=O) groups is 2. The molecule has 0 atom stereocenters. The van der Waals surface area contributed by atoms with Gasteiger partial charge in [-0.25, -0.2) is 0 Å². The van der Waals surface area contributed by atoms with E-state index >= 15 is 0 Å². The first-order valence-electron chi connectivity index (χ1n) is 13.3. The predicted molar refractivity (Wildman–Crippen MR) is 179 cm³/mol. The van der Waals surface area contributed by atoms with Crippen LogP contribution in [0.3, 0.4) is 0 Å². The van der Waals surface area contributed by atoms with E-state index in [1.54, 1.807) is 48.5 Å². The van der Waals surface area contributed by atoms with Gasteiger partial charge in [0.05, 0.1) is 17.1 Å². The molecule has 42 heavy (non-hydrogen) atoms. The second kappa shape index (κ2) is 17.2. The average molecular weight is 610 g/mol. The summed E-state index contributed by atoms with van der Waals surface area (Å²) in [5, 5.41) is 6.40. The van der Waals surface area contributed by atoms with Crippen molar-refractivity contribution in [2.24, 2.45) is 0 Å². The molecule has 2 aliphatic heterocycles. The first kappa shape index (κ1) is 36.1. The zero-order chi connectivity index (χ0) is 26.3. The first-order valence-corrected chi connectivity index (χ1v) is 13.6. The van der Waals surface area contributed by atoms with E-state index in [0.29, 0.717) is 34.1 Å². The van der Waals surface area contributed by atoms with Crippen LogP contribution in [0, 0.1) is 0 Å². The average Bonchev–Trinajstić information content (AvgIpc) is 2.95. The Morgan fingerprint density at radius 2 is 1.26 bits per heavy atom. The lowest BCUT2D eigenvalue weighted by atomic mass is 10.1. The third-order valence-corrected chi connectivity index (χ3v) is 7.15. The van der Waals surface area contributed by atoms with Crippen LogP contribution in [0.1, 0.15) is 61.0 Å². The standard InChI is InChI=1S/C28H32ClN7O2.4H3N.4H2/c29-22-9-3-4-10-23(22)31-25(38)19-24(37)20-11-13-21(14-12-20)30-26-32-27(35-15-5-1-6-16-35)34-28(33-26)36-17-7-2-8-18-36;;;;;;;;/h3-4,9-14H,1-2,5-8,15-19H2,(H,31,38)(H,30,32,33,34);4*1H3;4*1H. The van der Waals surface area contributed by atoms with E-state index in [9.17, 15) is 9.59 Å². The van der Waals surface area contributed by atoms with E-state index in [0.717, 1.165) is 57.5 Å². The van der Waals surface area contributed by atoms with Gasteiger partial charge in [0, 0.05) is 43.1 Å². The molecule has 3 aromatic rings. The number of rotatable bonds is 8. The van der Waals surface area contributed by atoms with Crippen LogP contribution in [0.25, 0.3) is 0 Å². The van der Waals surface area contributed by atoms with E-state index in [1.165, 1.54) is 12.8 Å². The molecule has 0 saturated carbocycles. The quantitative estimate of drug-likeness (QED) is 0.111. The molecule has 0 spiro atoms. The second-order valence-corrected chi connectivity index (χ2v) is 10.1. The Kier molecular flexibility index (Phi) is 14.8. The van der Waals surface area contributed by atoms with Crippen LogP contribution >= 0.6 is 11.6 Å². The third-order valence-electron chi connectivity index (χ3n) is 6.82. The maximum Gasteiger partial charge on any atom is 0.233 e. The molecule has 2 aromatic carbocycles. The van der Waals surface area contributed by atoms with Gasteiger partial charge in [-0.2, -0.15) is 15.0 Å². The normalized spacial score (nSPS) is 14.2. The van der Waals surface area contributed by atoms with Gasteiger partial charge < -0.3 is 45.0 Å². The number of carbonyl (C=O) groups excluding carboxylic acids is 2. The van der Waals surface area contributed by atoms with Crippen molar-refractivity contribution in [1.29, 1.82) is 0 Å². The second-order valence-electron chi connectivity index (χ2n) is 9.68. The van der Waals surface area contributed by atoms with Gasteiger partial charge in [0.2, 0.25) is 23.8 Å². The Balaban J connectivity index is -0.00000110.